The van der Waals surface area contributed by atoms with Gasteiger partial charge in [-0.2, -0.15) is 13.2 Å². The number of halogens is 5. The van der Waals surface area contributed by atoms with E-state index >= 15 is 0 Å². The van der Waals surface area contributed by atoms with E-state index in [0.717, 1.165) is 16.8 Å². The highest BCUT2D eigenvalue weighted by Gasteiger charge is 2.58. The predicted octanol–water partition coefficient (Wildman–Crippen LogP) is 3.23. The fraction of sp³-hybridized carbons (Fsp3) is 0.375. The number of carbonyl (C=O) groups is 1. The summed E-state index contributed by atoms with van der Waals surface area (Å²) in [5.41, 5.74) is -3.05. The molecule has 0 aliphatic heterocycles. The van der Waals surface area contributed by atoms with Gasteiger partial charge < -0.3 is 15.0 Å². The number of rotatable bonds is 5. The number of nitrogens with zero attached hydrogens (tertiary/aromatic N) is 2. The standard InChI is InChI=1S/C16H16ClF4N3O2/c1-9(10-3-4-12(18)11(17)7-10)23-13(25)8-15(26,16(19,20)21)14-22-5-6-24(14)2/h3-7,9,26H,8H2,1-2H3,(H,23,25). The van der Waals surface area contributed by atoms with Crippen molar-refractivity contribution < 1.29 is 27.5 Å². The molecule has 142 valence electrons. The number of amides is 1. The molecule has 2 atom stereocenters. The Morgan fingerprint density at radius 1 is 1.42 bits per heavy atom. The number of hydrogen-bond acceptors (Lipinski definition) is 3. The van der Waals surface area contributed by atoms with Gasteiger partial charge in [0.25, 0.3) is 0 Å². The second-order valence-electron chi connectivity index (χ2n) is 5.86. The zero-order chi connectivity index (χ0) is 19.7. The van der Waals surface area contributed by atoms with Gasteiger partial charge in [0.1, 0.15) is 5.82 Å². The van der Waals surface area contributed by atoms with E-state index in [-0.39, 0.29) is 5.02 Å². The lowest BCUT2D eigenvalue weighted by Gasteiger charge is -2.29. The maximum Gasteiger partial charge on any atom is 0.425 e. The van der Waals surface area contributed by atoms with Crippen LogP contribution >= 0.6 is 11.6 Å². The second kappa shape index (κ2) is 7.24. The van der Waals surface area contributed by atoms with Crippen LogP contribution in [0.25, 0.3) is 0 Å². The number of alkyl halides is 3. The first-order valence-electron chi connectivity index (χ1n) is 7.47. The highest BCUT2D eigenvalue weighted by atomic mass is 35.5. The minimum Gasteiger partial charge on any atom is -0.374 e. The molecule has 1 aromatic carbocycles. The van der Waals surface area contributed by atoms with Crippen LogP contribution in [0.1, 0.15) is 30.8 Å². The van der Waals surface area contributed by atoms with E-state index in [1.165, 1.54) is 32.3 Å². The molecule has 2 N–H and O–H groups in total. The number of hydrogen-bond donors (Lipinski definition) is 2. The van der Waals surface area contributed by atoms with Crippen LogP contribution in [0.3, 0.4) is 0 Å². The molecule has 0 spiro atoms. The Bertz CT molecular complexity index is 809. The van der Waals surface area contributed by atoms with Gasteiger partial charge in [-0.15, -0.1) is 0 Å². The first-order valence-corrected chi connectivity index (χ1v) is 7.84. The zero-order valence-electron chi connectivity index (χ0n) is 13.8. The number of nitrogens with one attached hydrogen (secondary N) is 1. The summed E-state index contributed by atoms with van der Waals surface area (Å²) in [5.74, 6) is -2.41. The first-order chi connectivity index (χ1) is 12.0. The molecule has 1 aromatic heterocycles. The number of imidazole rings is 1. The van der Waals surface area contributed by atoms with E-state index in [1.807, 2.05) is 0 Å². The van der Waals surface area contributed by atoms with Gasteiger partial charge in [0.05, 0.1) is 17.5 Å². The van der Waals surface area contributed by atoms with Crippen LogP contribution in [0.15, 0.2) is 30.6 Å². The average Bonchev–Trinajstić information content (AvgIpc) is 2.95. The highest BCUT2D eigenvalue weighted by molar-refractivity contribution is 6.30. The van der Waals surface area contributed by atoms with Crippen molar-refractivity contribution >= 4 is 17.5 Å². The molecule has 0 bridgehead atoms. The second-order valence-corrected chi connectivity index (χ2v) is 6.27. The maximum atomic E-state index is 13.4. The summed E-state index contributed by atoms with van der Waals surface area (Å²) in [6.45, 7) is 1.49. The third kappa shape index (κ3) is 3.99. The van der Waals surface area contributed by atoms with Gasteiger partial charge >= 0.3 is 6.18 Å². The van der Waals surface area contributed by atoms with Gasteiger partial charge in [-0.25, -0.2) is 9.37 Å². The van der Waals surface area contributed by atoms with Crippen molar-refractivity contribution in [2.24, 2.45) is 7.05 Å². The molecular formula is C16H16ClF4N3O2. The van der Waals surface area contributed by atoms with E-state index in [2.05, 4.69) is 10.3 Å². The third-order valence-corrected chi connectivity index (χ3v) is 4.19. The van der Waals surface area contributed by atoms with Gasteiger partial charge in [-0.05, 0) is 24.6 Å². The molecule has 5 nitrogen and oxygen atoms in total. The summed E-state index contributed by atoms with van der Waals surface area (Å²) in [6.07, 6.45) is -4.08. The molecule has 1 heterocycles. The zero-order valence-corrected chi connectivity index (χ0v) is 14.6. The van der Waals surface area contributed by atoms with Crippen LogP contribution in [0.5, 0.6) is 0 Å². The number of aromatic nitrogens is 2. The third-order valence-electron chi connectivity index (χ3n) is 3.90. The number of carbonyl (C=O) groups excluding carboxylic acids is 1. The fourth-order valence-electron chi connectivity index (χ4n) is 2.46. The summed E-state index contributed by atoms with van der Waals surface area (Å²) in [4.78, 5) is 15.7. The molecular weight excluding hydrogens is 378 g/mol. The molecule has 0 saturated carbocycles. The lowest BCUT2D eigenvalue weighted by atomic mass is 9.96. The average molecular weight is 394 g/mol. The van der Waals surface area contributed by atoms with Crippen LogP contribution in [0, 0.1) is 5.82 Å². The largest absolute Gasteiger partial charge is 0.425 e. The summed E-state index contributed by atoms with van der Waals surface area (Å²) < 4.78 is 54.4. The Kier molecular flexibility index (Phi) is 5.62. The molecule has 10 heteroatoms. The van der Waals surface area contributed by atoms with Gasteiger partial charge in [0, 0.05) is 19.4 Å². The predicted molar refractivity (Wildman–Crippen MR) is 85.7 cm³/mol. The van der Waals surface area contributed by atoms with Gasteiger partial charge in [-0.1, -0.05) is 17.7 Å². The molecule has 2 aromatic rings. The Morgan fingerprint density at radius 3 is 2.58 bits per heavy atom. The molecule has 0 fully saturated rings. The van der Waals surface area contributed by atoms with Crippen molar-refractivity contribution in [3.05, 3.63) is 52.8 Å². The topological polar surface area (TPSA) is 67.2 Å². The van der Waals surface area contributed by atoms with E-state index in [0.29, 0.717) is 5.56 Å². The molecule has 2 unspecified atom stereocenters. The van der Waals surface area contributed by atoms with Crippen molar-refractivity contribution in [3.63, 3.8) is 0 Å². The Morgan fingerprint density at radius 2 is 2.08 bits per heavy atom. The molecule has 0 aliphatic carbocycles. The molecule has 1 amide bonds. The van der Waals surface area contributed by atoms with Crippen LogP contribution in [-0.4, -0.2) is 26.7 Å². The SMILES string of the molecule is CC(NC(=O)CC(O)(c1nccn1C)C(F)(F)F)c1ccc(F)c(Cl)c1. The van der Waals surface area contributed by atoms with Crippen LogP contribution < -0.4 is 5.32 Å². The molecule has 0 radical (unpaired) electrons. The molecule has 0 saturated heterocycles. The fourth-order valence-corrected chi connectivity index (χ4v) is 2.65. The van der Waals surface area contributed by atoms with Crippen LogP contribution in [-0.2, 0) is 17.4 Å². The lowest BCUT2D eigenvalue weighted by Crippen LogP contribution is -2.48. The Balaban J connectivity index is 2.20. The molecule has 2 rings (SSSR count). The van der Waals surface area contributed by atoms with E-state index in [9.17, 15) is 27.5 Å². The van der Waals surface area contributed by atoms with Crippen molar-refractivity contribution in [1.29, 1.82) is 0 Å². The Labute approximate surface area is 151 Å². The van der Waals surface area contributed by atoms with Crippen molar-refractivity contribution in [2.45, 2.75) is 31.2 Å². The minimum absolute atomic E-state index is 0.177. The number of aliphatic hydroxyl groups is 1. The monoisotopic (exact) mass is 393 g/mol. The quantitative estimate of drug-likeness (QED) is 0.766. The van der Waals surface area contributed by atoms with Gasteiger partial charge in [0.2, 0.25) is 11.5 Å². The molecule has 26 heavy (non-hydrogen) atoms. The summed E-state index contributed by atoms with van der Waals surface area (Å²) in [6, 6.07) is 2.94. The summed E-state index contributed by atoms with van der Waals surface area (Å²) >= 11 is 5.66. The van der Waals surface area contributed by atoms with Gasteiger partial charge in [0.15, 0.2) is 5.82 Å². The van der Waals surface area contributed by atoms with Crippen molar-refractivity contribution in [1.82, 2.24) is 14.9 Å². The highest BCUT2D eigenvalue weighted by Crippen LogP contribution is 2.40. The van der Waals surface area contributed by atoms with E-state index in [4.69, 9.17) is 11.6 Å². The first kappa shape index (κ1) is 20.2. The minimum atomic E-state index is -5.12. The summed E-state index contributed by atoms with van der Waals surface area (Å²) in [7, 11) is 1.28. The van der Waals surface area contributed by atoms with Crippen molar-refractivity contribution in [3.8, 4) is 0 Å². The normalized spacial score (nSPS) is 15.4. The number of aryl methyl sites for hydroxylation is 1. The van der Waals surface area contributed by atoms with Crippen LogP contribution in [0.4, 0.5) is 17.6 Å². The molecule has 0 aliphatic rings. The van der Waals surface area contributed by atoms with E-state index < -0.39 is 41.8 Å². The Hall–Kier alpha value is -2.13. The maximum absolute atomic E-state index is 13.4. The number of benzene rings is 1. The summed E-state index contributed by atoms with van der Waals surface area (Å²) in [5, 5.41) is 12.3. The lowest BCUT2D eigenvalue weighted by molar-refractivity contribution is -0.271. The van der Waals surface area contributed by atoms with Crippen molar-refractivity contribution in [2.75, 3.05) is 0 Å². The smallest absolute Gasteiger partial charge is 0.374 e. The van der Waals surface area contributed by atoms with Gasteiger partial charge in [-0.3, -0.25) is 4.79 Å². The van der Waals surface area contributed by atoms with Crippen LogP contribution in [0.2, 0.25) is 5.02 Å². The van der Waals surface area contributed by atoms with E-state index in [1.54, 1.807) is 0 Å².